The van der Waals surface area contributed by atoms with Crippen molar-refractivity contribution in [2.24, 2.45) is 0 Å². The molecule has 4 rings (SSSR count). The number of hydrogen-bond acceptors (Lipinski definition) is 10. The van der Waals surface area contributed by atoms with Gasteiger partial charge in [0.05, 0.1) is 17.8 Å². The van der Waals surface area contributed by atoms with Gasteiger partial charge in [-0.1, -0.05) is 38.5 Å². The smallest absolute Gasteiger partial charge is 0.297 e. The van der Waals surface area contributed by atoms with Crippen LogP contribution in [0.5, 0.6) is 0 Å². The number of fused-ring (bicyclic) bond motifs is 1. The number of hydrogen-bond donors (Lipinski definition) is 2. The van der Waals surface area contributed by atoms with Crippen LogP contribution in [0.25, 0.3) is 11.2 Å². The molecule has 3 N–H and O–H groups in total. The Morgan fingerprint density at radius 2 is 1.83 bits per heavy atom. The maximum absolute atomic E-state index is 13.1. The molecule has 1 aliphatic heterocycles. The molecule has 4 atom stereocenters. The van der Waals surface area contributed by atoms with Gasteiger partial charge in [-0.05, 0) is 37.2 Å². The minimum atomic E-state index is -4.23. The molecule has 196 valence electrons. The molecule has 1 aliphatic rings. The van der Waals surface area contributed by atoms with Gasteiger partial charge in [0.15, 0.2) is 32.1 Å². The molecule has 1 fully saturated rings. The lowest BCUT2D eigenvalue weighted by molar-refractivity contribution is -0.0461. The SMILES string of the molecule is Cc1ccc(S(=O)(=O)O[C@@H]2[C@H](O)[C@@H](CO[Si](C)(C)C(C)(C)C)O[C@H]2n2cnc3c(N)ncnc32)cc1. The van der Waals surface area contributed by atoms with Crippen LogP contribution in [-0.4, -0.2) is 66.3 Å². The Labute approximate surface area is 211 Å². The minimum absolute atomic E-state index is 0.0259. The van der Waals surface area contributed by atoms with E-state index in [1.165, 1.54) is 29.4 Å². The number of aromatic nitrogens is 4. The third-order valence-electron chi connectivity index (χ3n) is 6.94. The minimum Gasteiger partial charge on any atom is -0.414 e. The molecule has 1 saturated heterocycles. The molecule has 0 aliphatic carbocycles. The van der Waals surface area contributed by atoms with E-state index in [2.05, 4.69) is 48.8 Å². The first-order valence-electron chi connectivity index (χ1n) is 11.6. The molecule has 0 saturated carbocycles. The first-order chi connectivity index (χ1) is 16.7. The Bertz CT molecular complexity index is 1340. The molecule has 0 radical (unpaired) electrons. The lowest BCUT2D eigenvalue weighted by Gasteiger charge is -2.37. The fourth-order valence-corrected chi connectivity index (χ4v) is 5.75. The molecular weight excluding hydrogens is 502 g/mol. The van der Waals surface area contributed by atoms with Crippen LogP contribution in [0.2, 0.25) is 18.1 Å². The highest BCUT2D eigenvalue weighted by Gasteiger charge is 2.50. The Morgan fingerprint density at radius 1 is 1.17 bits per heavy atom. The number of nitrogen functional groups attached to an aromatic ring is 1. The molecule has 3 aromatic rings. The van der Waals surface area contributed by atoms with Crippen molar-refractivity contribution in [1.82, 2.24) is 19.5 Å². The second kappa shape index (κ2) is 9.47. The predicted octanol–water partition coefficient (Wildman–Crippen LogP) is 2.77. The first-order valence-corrected chi connectivity index (χ1v) is 15.9. The maximum atomic E-state index is 13.1. The number of anilines is 1. The van der Waals surface area contributed by atoms with E-state index in [9.17, 15) is 13.5 Å². The zero-order valence-electron chi connectivity index (χ0n) is 21.2. The number of nitrogens with zero attached hydrogens (tertiary/aromatic N) is 4. The summed E-state index contributed by atoms with van der Waals surface area (Å²) in [5.41, 5.74) is 7.48. The average Bonchev–Trinajstić information content (AvgIpc) is 3.34. The molecule has 36 heavy (non-hydrogen) atoms. The Morgan fingerprint density at radius 3 is 2.47 bits per heavy atom. The van der Waals surface area contributed by atoms with Crippen LogP contribution in [0.15, 0.2) is 41.8 Å². The number of imidazole rings is 1. The van der Waals surface area contributed by atoms with Gasteiger partial charge >= 0.3 is 0 Å². The number of benzene rings is 1. The second-order valence-corrected chi connectivity index (χ2v) is 16.9. The van der Waals surface area contributed by atoms with E-state index in [0.717, 1.165) is 5.56 Å². The van der Waals surface area contributed by atoms with Gasteiger partial charge in [0, 0.05) is 0 Å². The van der Waals surface area contributed by atoms with Gasteiger partial charge in [-0.3, -0.25) is 8.75 Å². The summed E-state index contributed by atoms with van der Waals surface area (Å²) in [5.74, 6) is 0.167. The number of aryl methyl sites for hydroxylation is 1. The van der Waals surface area contributed by atoms with Crippen LogP contribution in [0.1, 0.15) is 32.6 Å². The highest BCUT2D eigenvalue weighted by molar-refractivity contribution is 7.86. The van der Waals surface area contributed by atoms with Crippen LogP contribution >= 0.6 is 0 Å². The number of ether oxygens (including phenoxy) is 1. The zero-order valence-corrected chi connectivity index (χ0v) is 23.1. The van der Waals surface area contributed by atoms with Crippen molar-refractivity contribution in [3.8, 4) is 0 Å². The lowest BCUT2D eigenvalue weighted by Crippen LogP contribution is -2.45. The van der Waals surface area contributed by atoms with Crippen LogP contribution in [-0.2, 0) is 23.5 Å². The molecule has 11 nitrogen and oxygen atoms in total. The Kier molecular flexibility index (Phi) is 7.00. The molecule has 0 unspecified atom stereocenters. The number of rotatable bonds is 7. The van der Waals surface area contributed by atoms with E-state index in [-0.39, 0.29) is 22.4 Å². The predicted molar refractivity (Wildman–Crippen MR) is 136 cm³/mol. The summed E-state index contributed by atoms with van der Waals surface area (Å²) < 4.78 is 45.9. The summed E-state index contributed by atoms with van der Waals surface area (Å²) in [6.07, 6.45) is -1.82. The normalized spacial score (nSPS) is 23.4. The van der Waals surface area contributed by atoms with Gasteiger partial charge in [-0.2, -0.15) is 8.42 Å². The van der Waals surface area contributed by atoms with E-state index in [0.29, 0.717) is 11.2 Å². The summed E-state index contributed by atoms with van der Waals surface area (Å²) in [6, 6.07) is 6.27. The molecular formula is C23H33N5O6SSi. The molecule has 2 aromatic heterocycles. The lowest BCUT2D eigenvalue weighted by atomic mass is 10.1. The average molecular weight is 536 g/mol. The quantitative estimate of drug-likeness (QED) is 0.341. The van der Waals surface area contributed by atoms with Gasteiger partial charge in [0.25, 0.3) is 10.1 Å². The fourth-order valence-electron chi connectivity index (χ4n) is 3.65. The van der Waals surface area contributed by atoms with Crippen molar-refractivity contribution >= 4 is 35.4 Å². The van der Waals surface area contributed by atoms with E-state index in [4.69, 9.17) is 19.1 Å². The van der Waals surface area contributed by atoms with Gasteiger partial charge in [0.2, 0.25) is 0 Å². The molecule has 0 amide bonds. The Hall–Kier alpha value is -2.42. The van der Waals surface area contributed by atoms with Crippen LogP contribution < -0.4 is 5.73 Å². The van der Waals surface area contributed by atoms with Crippen LogP contribution in [0.4, 0.5) is 5.82 Å². The summed E-state index contributed by atoms with van der Waals surface area (Å²) in [7, 11) is -6.41. The first kappa shape index (κ1) is 26.6. The number of nitrogens with two attached hydrogens (primary N) is 1. The summed E-state index contributed by atoms with van der Waals surface area (Å²) in [6.45, 7) is 12.4. The van der Waals surface area contributed by atoms with Gasteiger partial charge < -0.3 is 20.0 Å². The van der Waals surface area contributed by atoms with Gasteiger partial charge in [0.1, 0.15) is 24.1 Å². The highest BCUT2D eigenvalue weighted by atomic mass is 32.2. The van der Waals surface area contributed by atoms with E-state index < -0.39 is 43.0 Å². The van der Waals surface area contributed by atoms with Gasteiger partial charge in [-0.25, -0.2) is 15.0 Å². The van der Waals surface area contributed by atoms with Crippen molar-refractivity contribution in [2.75, 3.05) is 12.3 Å². The monoisotopic (exact) mass is 535 g/mol. The van der Waals surface area contributed by atoms with Crippen LogP contribution in [0.3, 0.4) is 0 Å². The molecule has 1 aromatic carbocycles. The molecule has 13 heteroatoms. The standard InChI is InChI=1S/C23H33N5O6SSi/c1-14-7-9-15(10-8-14)35(30,31)34-19-18(29)16(11-32-36(5,6)23(2,3)4)33-22(19)28-13-27-17-20(24)25-12-26-21(17)28/h7-10,12-13,16,18-19,22,29H,11H2,1-6H3,(H2,24,25,26)/t16-,18-,19-,22-/m1/s1. The maximum Gasteiger partial charge on any atom is 0.297 e. The number of aliphatic hydroxyl groups is 1. The van der Waals surface area contributed by atoms with Gasteiger partial charge in [-0.15, -0.1) is 0 Å². The van der Waals surface area contributed by atoms with Crippen molar-refractivity contribution < 1.29 is 26.9 Å². The third-order valence-corrected chi connectivity index (χ3v) is 12.8. The van der Waals surface area contributed by atoms with Crippen molar-refractivity contribution in [2.45, 2.75) is 75.3 Å². The molecule has 0 bridgehead atoms. The number of aliphatic hydroxyl groups excluding tert-OH is 1. The largest absolute Gasteiger partial charge is 0.414 e. The van der Waals surface area contributed by atoms with E-state index in [1.54, 1.807) is 12.1 Å². The van der Waals surface area contributed by atoms with E-state index in [1.807, 2.05) is 6.92 Å². The Balaban J connectivity index is 1.68. The third kappa shape index (κ3) is 5.03. The second-order valence-electron chi connectivity index (χ2n) is 10.5. The van der Waals surface area contributed by atoms with Crippen molar-refractivity contribution in [3.63, 3.8) is 0 Å². The molecule has 3 heterocycles. The summed E-state index contributed by atoms with van der Waals surface area (Å²) in [5, 5.41) is 11.2. The summed E-state index contributed by atoms with van der Waals surface area (Å²) >= 11 is 0. The van der Waals surface area contributed by atoms with Crippen molar-refractivity contribution in [3.05, 3.63) is 42.5 Å². The zero-order chi connectivity index (χ0) is 26.5. The van der Waals surface area contributed by atoms with Crippen molar-refractivity contribution in [1.29, 1.82) is 0 Å². The topological polar surface area (TPSA) is 152 Å². The highest BCUT2D eigenvalue weighted by Crippen LogP contribution is 2.39. The fraction of sp³-hybridized carbons (Fsp3) is 0.522. The summed E-state index contributed by atoms with van der Waals surface area (Å²) in [4.78, 5) is 12.4. The van der Waals surface area contributed by atoms with E-state index >= 15 is 0 Å². The molecule has 0 spiro atoms. The van der Waals surface area contributed by atoms with Crippen LogP contribution in [0, 0.1) is 6.92 Å².